The minimum absolute atomic E-state index is 0. The molecule has 2 saturated heterocycles. The summed E-state index contributed by atoms with van der Waals surface area (Å²) in [4.78, 5) is 12.1. The van der Waals surface area contributed by atoms with E-state index in [4.69, 9.17) is 14.5 Å². The largest absolute Gasteiger partial charge is 0.495 e. The second-order valence-corrected chi connectivity index (χ2v) is 8.08. The summed E-state index contributed by atoms with van der Waals surface area (Å²) in [5.74, 6) is 1.92. The summed E-state index contributed by atoms with van der Waals surface area (Å²) in [6, 6.07) is 17.0. The van der Waals surface area contributed by atoms with Gasteiger partial charge in [-0.05, 0) is 36.8 Å². The molecule has 0 unspecified atom stereocenters. The summed E-state index contributed by atoms with van der Waals surface area (Å²) < 4.78 is 11.0. The molecule has 4 rings (SSSR count). The summed E-state index contributed by atoms with van der Waals surface area (Å²) in [5, 5.41) is 3.47. The highest BCUT2D eigenvalue weighted by Gasteiger charge is 2.21. The zero-order chi connectivity index (χ0) is 22.2. The van der Waals surface area contributed by atoms with E-state index in [0.717, 1.165) is 76.4 Å². The first-order valence-electron chi connectivity index (χ1n) is 11.6. The van der Waals surface area contributed by atoms with Gasteiger partial charge < -0.3 is 29.5 Å². The van der Waals surface area contributed by atoms with Gasteiger partial charge in [0.05, 0.1) is 32.6 Å². The third kappa shape index (κ3) is 6.66. The van der Waals surface area contributed by atoms with Crippen molar-refractivity contribution in [3.05, 3.63) is 54.1 Å². The first-order valence-corrected chi connectivity index (χ1v) is 11.6. The second-order valence-electron chi connectivity index (χ2n) is 8.08. The second kappa shape index (κ2) is 12.9. The molecular weight excluding hydrogens is 529 g/mol. The number of nitrogens with zero attached hydrogens (tertiary/aromatic N) is 4. The standard InChI is InChI=1S/C25H35N5O2.HI/c1-3-26-25(27-20-21-8-10-22(11-9-21)28-16-18-32-19-17-28)30-14-12-29(13-15-30)23-6-4-5-7-24(23)31-2;/h4-11H,3,12-20H2,1-2H3,(H,26,27);1H. The van der Waals surface area contributed by atoms with Gasteiger partial charge in [-0.15, -0.1) is 24.0 Å². The molecule has 2 fully saturated rings. The van der Waals surface area contributed by atoms with Crippen molar-refractivity contribution in [2.75, 3.05) is 75.9 Å². The molecule has 0 saturated carbocycles. The van der Waals surface area contributed by atoms with Gasteiger partial charge in [-0.1, -0.05) is 24.3 Å². The number of nitrogens with one attached hydrogen (secondary N) is 1. The van der Waals surface area contributed by atoms with Gasteiger partial charge in [-0.2, -0.15) is 0 Å². The van der Waals surface area contributed by atoms with Crippen LogP contribution in [0.15, 0.2) is 53.5 Å². The molecule has 0 spiro atoms. The number of methoxy groups -OCH3 is 1. The average molecular weight is 566 g/mol. The Morgan fingerprint density at radius 2 is 1.64 bits per heavy atom. The van der Waals surface area contributed by atoms with Gasteiger partial charge in [0, 0.05) is 51.5 Å². The topological polar surface area (TPSA) is 52.6 Å². The Morgan fingerprint density at radius 3 is 2.30 bits per heavy atom. The fraction of sp³-hybridized carbons (Fsp3) is 0.480. The third-order valence-electron chi connectivity index (χ3n) is 6.06. The smallest absolute Gasteiger partial charge is 0.194 e. The van der Waals surface area contributed by atoms with Gasteiger partial charge >= 0.3 is 0 Å². The van der Waals surface area contributed by atoms with Crippen LogP contribution in [0.25, 0.3) is 0 Å². The molecule has 0 atom stereocenters. The van der Waals surface area contributed by atoms with Crippen LogP contribution in [0, 0.1) is 0 Å². The molecular formula is C25H36IN5O2. The summed E-state index contributed by atoms with van der Waals surface area (Å²) in [6.07, 6.45) is 0. The molecule has 180 valence electrons. The average Bonchev–Trinajstić information content (AvgIpc) is 2.87. The number of rotatable bonds is 6. The molecule has 1 N–H and O–H groups in total. The minimum Gasteiger partial charge on any atom is -0.495 e. The van der Waals surface area contributed by atoms with Gasteiger partial charge in [-0.25, -0.2) is 4.99 Å². The van der Waals surface area contributed by atoms with Gasteiger partial charge in [-0.3, -0.25) is 0 Å². The van der Waals surface area contributed by atoms with Crippen LogP contribution in [0.5, 0.6) is 5.75 Å². The third-order valence-corrected chi connectivity index (χ3v) is 6.06. The summed E-state index contributed by atoms with van der Waals surface area (Å²) >= 11 is 0. The van der Waals surface area contributed by atoms with E-state index in [0.29, 0.717) is 6.54 Å². The number of ether oxygens (including phenoxy) is 2. The number of aliphatic imine (C=N–C) groups is 1. The normalized spacial score (nSPS) is 16.9. The van der Waals surface area contributed by atoms with Crippen molar-refractivity contribution in [1.29, 1.82) is 0 Å². The number of piperazine rings is 1. The van der Waals surface area contributed by atoms with E-state index in [1.807, 2.05) is 12.1 Å². The van der Waals surface area contributed by atoms with Crippen LogP contribution in [0.1, 0.15) is 12.5 Å². The van der Waals surface area contributed by atoms with Gasteiger partial charge in [0.1, 0.15) is 5.75 Å². The maximum absolute atomic E-state index is 5.55. The Balaban J connectivity index is 0.00000306. The summed E-state index contributed by atoms with van der Waals surface area (Å²) in [5.41, 5.74) is 3.66. The van der Waals surface area contributed by atoms with E-state index >= 15 is 0 Å². The number of halogens is 1. The number of guanidine groups is 1. The number of hydrogen-bond donors (Lipinski definition) is 1. The number of morpholine rings is 1. The van der Waals surface area contributed by atoms with E-state index in [1.165, 1.54) is 11.3 Å². The van der Waals surface area contributed by atoms with Gasteiger partial charge in [0.25, 0.3) is 0 Å². The van der Waals surface area contributed by atoms with Crippen LogP contribution in [0.4, 0.5) is 11.4 Å². The highest BCUT2D eigenvalue weighted by Crippen LogP contribution is 2.28. The van der Waals surface area contributed by atoms with Crippen molar-refractivity contribution in [2.24, 2.45) is 4.99 Å². The summed E-state index contributed by atoms with van der Waals surface area (Å²) in [6.45, 7) is 11.0. The lowest BCUT2D eigenvalue weighted by molar-refractivity contribution is 0.122. The van der Waals surface area contributed by atoms with Crippen molar-refractivity contribution in [2.45, 2.75) is 13.5 Å². The molecule has 0 radical (unpaired) electrons. The van der Waals surface area contributed by atoms with Crippen molar-refractivity contribution in [3.8, 4) is 5.75 Å². The lowest BCUT2D eigenvalue weighted by Crippen LogP contribution is -2.52. The Labute approximate surface area is 214 Å². The molecule has 2 heterocycles. The lowest BCUT2D eigenvalue weighted by Gasteiger charge is -2.38. The van der Waals surface area contributed by atoms with Crippen LogP contribution in [-0.2, 0) is 11.3 Å². The predicted octanol–water partition coefficient (Wildman–Crippen LogP) is 3.44. The fourth-order valence-corrected chi connectivity index (χ4v) is 4.28. The monoisotopic (exact) mass is 565 g/mol. The highest BCUT2D eigenvalue weighted by atomic mass is 127. The van der Waals surface area contributed by atoms with E-state index in [1.54, 1.807) is 7.11 Å². The first kappa shape index (κ1) is 25.4. The molecule has 8 heteroatoms. The Morgan fingerprint density at radius 1 is 0.939 bits per heavy atom. The van der Waals surface area contributed by atoms with Crippen molar-refractivity contribution in [1.82, 2.24) is 10.2 Å². The van der Waals surface area contributed by atoms with Crippen molar-refractivity contribution < 1.29 is 9.47 Å². The fourth-order valence-electron chi connectivity index (χ4n) is 4.28. The van der Waals surface area contributed by atoms with Crippen molar-refractivity contribution in [3.63, 3.8) is 0 Å². The number of hydrogen-bond acceptors (Lipinski definition) is 5. The van der Waals surface area contributed by atoms with E-state index in [-0.39, 0.29) is 24.0 Å². The van der Waals surface area contributed by atoms with Crippen molar-refractivity contribution >= 4 is 41.3 Å². The molecule has 2 aliphatic rings. The van der Waals surface area contributed by atoms with Crippen LogP contribution in [0.3, 0.4) is 0 Å². The first-order chi connectivity index (χ1) is 15.8. The molecule has 33 heavy (non-hydrogen) atoms. The van der Waals surface area contributed by atoms with Crippen LogP contribution >= 0.6 is 24.0 Å². The molecule has 2 aromatic rings. The molecule has 7 nitrogen and oxygen atoms in total. The molecule has 0 amide bonds. The Hall–Kier alpha value is -2.20. The number of benzene rings is 2. The molecule has 0 bridgehead atoms. The summed E-state index contributed by atoms with van der Waals surface area (Å²) in [7, 11) is 1.73. The van der Waals surface area contributed by atoms with Gasteiger partial charge in [0.15, 0.2) is 5.96 Å². The molecule has 2 aliphatic heterocycles. The van der Waals surface area contributed by atoms with Crippen LogP contribution in [-0.4, -0.2) is 77.0 Å². The lowest BCUT2D eigenvalue weighted by atomic mass is 10.2. The van der Waals surface area contributed by atoms with E-state index < -0.39 is 0 Å². The zero-order valence-corrected chi connectivity index (χ0v) is 22.0. The molecule has 2 aromatic carbocycles. The minimum atomic E-state index is 0. The predicted molar refractivity (Wildman–Crippen MR) is 146 cm³/mol. The van der Waals surface area contributed by atoms with Crippen LogP contribution < -0.4 is 19.9 Å². The molecule has 0 aliphatic carbocycles. The Kier molecular flexibility index (Phi) is 9.93. The number of anilines is 2. The Bertz CT molecular complexity index is 879. The van der Waals surface area contributed by atoms with E-state index in [2.05, 4.69) is 63.3 Å². The highest BCUT2D eigenvalue weighted by molar-refractivity contribution is 14.0. The molecule has 0 aromatic heterocycles. The zero-order valence-electron chi connectivity index (χ0n) is 19.7. The number of para-hydroxylation sites is 2. The van der Waals surface area contributed by atoms with E-state index in [9.17, 15) is 0 Å². The maximum atomic E-state index is 5.55. The van der Waals surface area contributed by atoms with Crippen LogP contribution in [0.2, 0.25) is 0 Å². The van der Waals surface area contributed by atoms with Gasteiger partial charge in [0.2, 0.25) is 0 Å². The SMILES string of the molecule is CCNC(=NCc1ccc(N2CCOCC2)cc1)N1CCN(c2ccccc2OC)CC1.I. The maximum Gasteiger partial charge on any atom is 0.194 e. The quantitative estimate of drug-likeness (QED) is 0.329.